The van der Waals surface area contributed by atoms with E-state index in [1.165, 1.54) is 0 Å². The van der Waals surface area contributed by atoms with Crippen molar-refractivity contribution < 1.29 is 21.2 Å². The van der Waals surface area contributed by atoms with Gasteiger partial charge in [0, 0.05) is 17.1 Å². The van der Waals surface area contributed by atoms with Gasteiger partial charge in [0.25, 0.3) is 0 Å². The number of nitrogens with one attached hydrogen (secondary N) is 1. The topological polar surface area (TPSA) is 80.3 Å². The van der Waals surface area contributed by atoms with E-state index in [2.05, 4.69) is 20.7 Å². The molecule has 1 aromatic carbocycles. The summed E-state index contributed by atoms with van der Waals surface area (Å²) < 4.78 is 64.0. The van der Waals surface area contributed by atoms with Gasteiger partial charge in [0.05, 0.1) is 4.90 Å². The Hall–Kier alpha value is -0.510. The minimum absolute atomic E-state index is 0.231. The van der Waals surface area contributed by atoms with Crippen LogP contribution in [0.1, 0.15) is 19.3 Å². The average Bonchev–Trinajstić information content (AvgIpc) is 2.32. The first-order chi connectivity index (χ1) is 9.60. The van der Waals surface area contributed by atoms with Crippen molar-refractivity contribution >= 4 is 35.8 Å². The second kappa shape index (κ2) is 5.60. The minimum atomic E-state index is -4.12. The van der Waals surface area contributed by atoms with Crippen LogP contribution in [0.15, 0.2) is 28.0 Å². The van der Waals surface area contributed by atoms with Crippen molar-refractivity contribution in [3.8, 4) is 0 Å². The van der Waals surface area contributed by atoms with Gasteiger partial charge in [-0.15, -0.1) is 0 Å². The molecule has 0 amide bonds. The van der Waals surface area contributed by atoms with Crippen LogP contribution in [0, 0.1) is 5.82 Å². The molecule has 0 aromatic heterocycles. The molecule has 0 radical (unpaired) electrons. The molecule has 0 heterocycles. The Morgan fingerprint density at radius 1 is 1.29 bits per heavy atom. The molecule has 1 aliphatic rings. The second-order valence-electron chi connectivity index (χ2n) is 5.24. The van der Waals surface area contributed by atoms with E-state index >= 15 is 0 Å². The summed E-state index contributed by atoms with van der Waals surface area (Å²) in [5.74, 6) is -0.973. The van der Waals surface area contributed by atoms with Crippen LogP contribution in [0.5, 0.6) is 0 Å². The average molecular weight is 400 g/mol. The lowest BCUT2D eigenvalue weighted by molar-refractivity contribution is 0.255. The zero-order valence-corrected chi connectivity index (χ0v) is 14.5. The van der Waals surface area contributed by atoms with Crippen molar-refractivity contribution in [3.05, 3.63) is 24.0 Å². The summed E-state index contributed by atoms with van der Waals surface area (Å²) in [7, 11) is -7.74. The maximum absolute atomic E-state index is 13.8. The Balaban J connectivity index is 2.45. The van der Waals surface area contributed by atoms with Crippen LogP contribution in [-0.2, 0) is 19.9 Å². The van der Waals surface area contributed by atoms with Crippen LogP contribution >= 0.6 is 15.9 Å². The number of hydrogen-bond acceptors (Lipinski definition) is 4. The summed E-state index contributed by atoms with van der Waals surface area (Å²) in [4.78, 5) is -0.872. The molecule has 1 fully saturated rings. The maximum atomic E-state index is 13.8. The summed E-state index contributed by atoms with van der Waals surface area (Å²) >= 11 is 3.26. The lowest BCUT2D eigenvalue weighted by atomic mass is 9.80. The van der Waals surface area contributed by atoms with Gasteiger partial charge in [-0.3, -0.25) is 0 Å². The largest absolute Gasteiger partial charge is 0.244 e. The van der Waals surface area contributed by atoms with Gasteiger partial charge in [0.1, 0.15) is 10.7 Å². The number of sulfonamides is 1. The molecule has 0 unspecified atom stereocenters. The summed E-state index contributed by atoms with van der Waals surface area (Å²) in [6.45, 7) is 0. The standard InChI is InChI=1S/C12H15BrFNO4S2/c1-20(16,17)9-3-4-10(14)11(7-9)21(18,19)15-12(8-13)5-2-6-12/h3-4,7,15H,2,5-6,8H2,1H3. The van der Waals surface area contributed by atoms with Gasteiger partial charge in [-0.1, -0.05) is 15.9 Å². The van der Waals surface area contributed by atoms with Crippen LogP contribution < -0.4 is 4.72 Å². The number of alkyl halides is 1. The van der Waals surface area contributed by atoms with E-state index in [0.717, 1.165) is 30.9 Å². The van der Waals surface area contributed by atoms with Gasteiger partial charge >= 0.3 is 0 Å². The monoisotopic (exact) mass is 399 g/mol. The van der Waals surface area contributed by atoms with E-state index in [-0.39, 0.29) is 4.90 Å². The minimum Gasteiger partial charge on any atom is -0.224 e. The van der Waals surface area contributed by atoms with E-state index in [9.17, 15) is 21.2 Å². The molecule has 5 nitrogen and oxygen atoms in total. The highest BCUT2D eigenvalue weighted by atomic mass is 79.9. The van der Waals surface area contributed by atoms with Gasteiger partial charge in [0.15, 0.2) is 9.84 Å². The molecule has 2 rings (SSSR count). The van der Waals surface area contributed by atoms with Crippen LogP contribution in [0.2, 0.25) is 0 Å². The van der Waals surface area contributed by atoms with Crippen molar-refractivity contribution in [2.24, 2.45) is 0 Å². The Labute approximate surface area is 132 Å². The Bertz CT molecular complexity index is 752. The number of sulfone groups is 1. The quantitative estimate of drug-likeness (QED) is 0.604. The molecule has 1 aliphatic carbocycles. The van der Waals surface area contributed by atoms with Gasteiger partial charge in [-0.2, -0.15) is 0 Å². The Kier molecular flexibility index (Phi) is 4.50. The van der Waals surface area contributed by atoms with E-state index < -0.39 is 36.1 Å². The zero-order valence-electron chi connectivity index (χ0n) is 11.3. The highest BCUT2D eigenvalue weighted by Crippen LogP contribution is 2.35. The molecular formula is C12H15BrFNO4S2. The number of halogens is 2. The molecule has 118 valence electrons. The van der Waals surface area contributed by atoms with Gasteiger partial charge < -0.3 is 0 Å². The summed E-state index contributed by atoms with van der Waals surface area (Å²) in [6.07, 6.45) is 3.14. The van der Waals surface area contributed by atoms with Crippen molar-refractivity contribution in [3.63, 3.8) is 0 Å². The first-order valence-electron chi connectivity index (χ1n) is 6.19. The first kappa shape index (κ1) is 16.9. The number of rotatable bonds is 5. The Morgan fingerprint density at radius 2 is 1.90 bits per heavy atom. The predicted octanol–water partition coefficient (Wildman–Crippen LogP) is 1.83. The normalized spacial score (nSPS) is 18.2. The van der Waals surface area contributed by atoms with Crippen LogP contribution in [0.3, 0.4) is 0 Å². The fourth-order valence-corrected chi connectivity index (χ4v) is 5.30. The van der Waals surface area contributed by atoms with Gasteiger partial charge in [-0.05, 0) is 37.5 Å². The maximum Gasteiger partial charge on any atom is 0.244 e. The van der Waals surface area contributed by atoms with Gasteiger partial charge in [-0.25, -0.2) is 25.9 Å². The third-order valence-electron chi connectivity index (χ3n) is 3.54. The third-order valence-corrected chi connectivity index (χ3v) is 7.31. The van der Waals surface area contributed by atoms with E-state index in [0.29, 0.717) is 18.2 Å². The van der Waals surface area contributed by atoms with E-state index in [4.69, 9.17) is 0 Å². The second-order valence-corrected chi connectivity index (χ2v) is 9.46. The fourth-order valence-electron chi connectivity index (χ4n) is 2.13. The lowest BCUT2D eigenvalue weighted by Gasteiger charge is -2.40. The molecule has 0 atom stereocenters. The zero-order chi connectivity index (χ0) is 15.9. The molecular weight excluding hydrogens is 385 g/mol. The third kappa shape index (κ3) is 3.46. The highest BCUT2D eigenvalue weighted by molar-refractivity contribution is 9.09. The molecule has 0 spiro atoms. The molecule has 1 aromatic rings. The molecule has 0 aliphatic heterocycles. The molecule has 0 saturated heterocycles. The first-order valence-corrected chi connectivity index (χ1v) is 10.7. The van der Waals surface area contributed by atoms with Crippen molar-refractivity contribution in [2.75, 3.05) is 11.6 Å². The van der Waals surface area contributed by atoms with Crippen molar-refractivity contribution in [1.29, 1.82) is 0 Å². The SMILES string of the molecule is CS(=O)(=O)c1ccc(F)c(S(=O)(=O)NC2(CBr)CCC2)c1. The summed E-state index contributed by atoms with van der Waals surface area (Å²) in [5, 5.41) is 0.423. The van der Waals surface area contributed by atoms with E-state index in [1.54, 1.807) is 0 Å². The summed E-state index contributed by atoms with van der Waals surface area (Å²) in [6, 6.07) is 2.76. The van der Waals surface area contributed by atoms with Crippen molar-refractivity contribution in [2.45, 2.75) is 34.6 Å². The molecule has 1 saturated carbocycles. The van der Waals surface area contributed by atoms with Crippen LogP contribution in [0.4, 0.5) is 4.39 Å². The van der Waals surface area contributed by atoms with Crippen LogP contribution in [0.25, 0.3) is 0 Å². The fraction of sp³-hybridized carbons (Fsp3) is 0.500. The summed E-state index contributed by atoms with van der Waals surface area (Å²) in [5.41, 5.74) is -0.619. The Morgan fingerprint density at radius 3 is 2.33 bits per heavy atom. The molecule has 9 heteroatoms. The smallest absolute Gasteiger partial charge is 0.224 e. The van der Waals surface area contributed by atoms with Crippen LogP contribution in [-0.4, -0.2) is 34.0 Å². The van der Waals surface area contributed by atoms with Gasteiger partial charge in [0.2, 0.25) is 10.0 Å². The predicted molar refractivity (Wildman–Crippen MR) is 80.2 cm³/mol. The number of hydrogen-bond donors (Lipinski definition) is 1. The molecule has 21 heavy (non-hydrogen) atoms. The van der Waals surface area contributed by atoms with Crippen molar-refractivity contribution in [1.82, 2.24) is 4.72 Å². The number of benzene rings is 1. The molecule has 1 N–H and O–H groups in total. The lowest BCUT2D eigenvalue weighted by Crippen LogP contribution is -2.54. The highest BCUT2D eigenvalue weighted by Gasteiger charge is 2.40. The van der Waals surface area contributed by atoms with E-state index in [1.807, 2.05) is 0 Å². The molecule has 0 bridgehead atoms.